The maximum atomic E-state index is 13.4. The second kappa shape index (κ2) is 11.2. The Balaban J connectivity index is 1.68. The number of aromatic nitrogens is 1. The van der Waals surface area contributed by atoms with Crippen molar-refractivity contribution in [3.8, 4) is 10.4 Å². The zero-order valence-corrected chi connectivity index (χ0v) is 21.6. The molecule has 0 bridgehead atoms. The molecule has 1 fully saturated rings. The lowest BCUT2D eigenvalue weighted by atomic mass is 9.85. The molecule has 0 aliphatic carbocycles. The van der Waals surface area contributed by atoms with Gasteiger partial charge in [-0.2, -0.15) is 0 Å². The Morgan fingerprint density at radius 3 is 2.42 bits per heavy atom. The van der Waals surface area contributed by atoms with E-state index >= 15 is 0 Å². The number of carboxylic acid groups (broad SMARTS) is 1. The Bertz CT molecular complexity index is 1120. The highest BCUT2D eigenvalue weighted by Crippen LogP contribution is 2.28. The van der Waals surface area contributed by atoms with Crippen LogP contribution in [0.1, 0.15) is 44.9 Å². The molecule has 1 saturated heterocycles. The first kappa shape index (κ1) is 27.3. The third kappa shape index (κ3) is 6.67. The molecule has 10 nitrogen and oxygen atoms in total. The maximum absolute atomic E-state index is 13.4. The summed E-state index contributed by atoms with van der Waals surface area (Å²) >= 11 is 1.56. The minimum atomic E-state index is -1.31. The van der Waals surface area contributed by atoms with Gasteiger partial charge in [-0.05, 0) is 23.5 Å². The van der Waals surface area contributed by atoms with Gasteiger partial charge in [0.15, 0.2) is 0 Å². The Morgan fingerprint density at radius 2 is 1.86 bits per heavy atom. The topological polar surface area (TPSA) is 149 Å². The van der Waals surface area contributed by atoms with E-state index < -0.39 is 53.7 Å². The number of hydrogen-bond donors (Lipinski definition) is 4. The van der Waals surface area contributed by atoms with Crippen molar-refractivity contribution < 1.29 is 29.4 Å². The highest BCUT2D eigenvalue weighted by Gasteiger charge is 2.44. The molecule has 0 saturated carbocycles. The average Bonchev–Trinajstić information content (AvgIpc) is 3.40. The normalized spacial score (nSPS) is 18.5. The van der Waals surface area contributed by atoms with Crippen molar-refractivity contribution in [2.75, 3.05) is 6.54 Å². The molecule has 1 aliphatic heterocycles. The van der Waals surface area contributed by atoms with Crippen LogP contribution in [0.2, 0.25) is 0 Å². The molecular formula is C25H32N4O6S. The fraction of sp³-hybridized carbons (Fsp3) is 0.480. The van der Waals surface area contributed by atoms with Crippen LogP contribution in [-0.4, -0.2) is 68.5 Å². The number of thiazole rings is 1. The second-order valence-corrected chi connectivity index (χ2v) is 10.9. The number of carbonyl (C=O) groups is 4. The van der Waals surface area contributed by atoms with E-state index in [1.54, 1.807) is 37.6 Å². The van der Waals surface area contributed by atoms with Crippen molar-refractivity contribution in [3.05, 3.63) is 41.0 Å². The highest BCUT2D eigenvalue weighted by molar-refractivity contribution is 7.13. The first-order valence-corrected chi connectivity index (χ1v) is 12.5. The highest BCUT2D eigenvalue weighted by atomic mass is 32.1. The number of aliphatic carboxylic acids is 1. The molecule has 11 heteroatoms. The average molecular weight is 517 g/mol. The summed E-state index contributed by atoms with van der Waals surface area (Å²) < 4.78 is 0. The number of aliphatic hydroxyl groups is 1. The predicted octanol–water partition coefficient (Wildman–Crippen LogP) is 1.70. The molecule has 194 valence electrons. The number of aryl methyl sites for hydroxylation is 1. The molecule has 3 rings (SSSR count). The minimum absolute atomic E-state index is 0.0544. The van der Waals surface area contributed by atoms with Gasteiger partial charge in [0, 0.05) is 19.5 Å². The van der Waals surface area contributed by atoms with E-state index in [1.807, 2.05) is 31.2 Å². The Morgan fingerprint density at radius 1 is 1.19 bits per heavy atom. The van der Waals surface area contributed by atoms with Gasteiger partial charge in [0.25, 0.3) is 0 Å². The van der Waals surface area contributed by atoms with Crippen molar-refractivity contribution in [1.29, 1.82) is 0 Å². The van der Waals surface area contributed by atoms with Gasteiger partial charge in [-0.1, -0.05) is 45.0 Å². The summed E-state index contributed by atoms with van der Waals surface area (Å²) in [5, 5.41) is 24.4. The molecule has 0 radical (unpaired) electrons. The standard InChI is InChI=1S/C25H32N4O6S/c1-14-21(36-13-27-14)16-7-5-15(6-8-16)11-26-23(34)18-9-17(30)12-29(18)24(35)22(25(2,3)4)28-19(31)10-20(32)33/h5-8,13,17-18,22,30H,9-12H2,1-4H3,(H,26,34)(H,28,31)(H,32,33)/t17-,18+,22-/m1/s1. The van der Waals surface area contributed by atoms with E-state index in [-0.39, 0.29) is 19.5 Å². The Hall–Kier alpha value is -3.31. The second-order valence-electron chi connectivity index (χ2n) is 10.0. The van der Waals surface area contributed by atoms with E-state index in [9.17, 15) is 24.3 Å². The van der Waals surface area contributed by atoms with Gasteiger partial charge in [-0.25, -0.2) is 4.98 Å². The largest absolute Gasteiger partial charge is 0.481 e. The van der Waals surface area contributed by atoms with Crippen LogP contribution in [0.3, 0.4) is 0 Å². The van der Waals surface area contributed by atoms with Crippen LogP contribution >= 0.6 is 11.3 Å². The number of nitrogens with zero attached hydrogens (tertiary/aromatic N) is 2. The van der Waals surface area contributed by atoms with Crippen LogP contribution < -0.4 is 10.6 Å². The van der Waals surface area contributed by atoms with Gasteiger partial charge in [0.05, 0.1) is 22.2 Å². The van der Waals surface area contributed by atoms with Crippen LogP contribution in [0.5, 0.6) is 0 Å². The first-order chi connectivity index (χ1) is 16.9. The van der Waals surface area contributed by atoms with E-state index in [4.69, 9.17) is 5.11 Å². The first-order valence-electron chi connectivity index (χ1n) is 11.6. The molecule has 1 aliphatic rings. The van der Waals surface area contributed by atoms with Gasteiger partial charge in [-0.3, -0.25) is 19.2 Å². The van der Waals surface area contributed by atoms with Gasteiger partial charge in [0.1, 0.15) is 18.5 Å². The molecule has 0 spiro atoms. The van der Waals surface area contributed by atoms with Crippen LogP contribution in [0.25, 0.3) is 10.4 Å². The number of nitrogens with one attached hydrogen (secondary N) is 2. The molecule has 1 aromatic carbocycles. The van der Waals surface area contributed by atoms with E-state index in [0.29, 0.717) is 0 Å². The predicted molar refractivity (Wildman–Crippen MR) is 134 cm³/mol. The Kier molecular flexibility index (Phi) is 8.47. The minimum Gasteiger partial charge on any atom is -0.481 e. The molecular weight excluding hydrogens is 484 g/mol. The number of aliphatic hydroxyl groups excluding tert-OH is 1. The summed E-state index contributed by atoms with van der Waals surface area (Å²) in [6, 6.07) is 5.78. The van der Waals surface area contributed by atoms with Crippen molar-refractivity contribution in [2.24, 2.45) is 5.41 Å². The molecule has 3 atom stereocenters. The van der Waals surface area contributed by atoms with E-state index in [2.05, 4.69) is 15.6 Å². The van der Waals surface area contributed by atoms with E-state index in [1.165, 1.54) is 4.90 Å². The monoisotopic (exact) mass is 516 g/mol. The number of rotatable bonds is 8. The number of β-amino-alcohol motifs (C(OH)–C–C–N with tert-alkyl or cyclic N) is 1. The molecule has 3 amide bonds. The van der Waals surface area contributed by atoms with Gasteiger partial charge < -0.3 is 25.7 Å². The summed E-state index contributed by atoms with van der Waals surface area (Å²) in [5.74, 6) is -3.06. The molecule has 1 aromatic heterocycles. The SMILES string of the molecule is Cc1ncsc1-c1ccc(CNC(=O)[C@@H]2C[C@@H](O)CN2C(=O)[C@@H](NC(=O)CC(=O)O)C(C)(C)C)cc1. The maximum Gasteiger partial charge on any atom is 0.312 e. The van der Waals surface area contributed by atoms with Crippen LogP contribution in [0, 0.1) is 12.3 Å². The summed E-state index contributed by atoms with van der Waals surface area (Å²) in [5.41, 5.74) is 3.92. The van der Waals surface area contributed by atoms with Gasteiger partial charge in [0.2, 0.25) is 17.7 Å². The summed E-state index contributed by atoms with van der Waals surface area (Å²) in [6.07, 6.45) is -1.59. The number of carboxylic acids is 1. The lowest BCUT2D eigenvalue weighted by Crippen LogP contribution is -2.57. The lowest BCUT2D eigenvalue weighted by molar-refractivity contribution is -0.146. The van der Waals surface area contributed by atoms with Crippen LogP contribution in [-0.2, 0) is 25.7 Å². The third-order valence-electron chi connectivity index (χ3n) is 6.02. The third-order valence-corrected chi connectivity index (χ3v) is 7.00. The van der Waals surface area contributed by atoms with Crippen molar-refractivity contribution in [2.45, 2.75) is 65.3 Å². The molecule has 4 N–H and O–H groups in total. The van der Waals surface area contributed by atoms with E-state index in [0.717, 1.165) is 21.7 Å². The lowest BCUT2D eigenvalue weighted by Gasteiger charge is -2.35. The fourth-order valence-electron chi connectivity index (χ4n) is 4.13. The molecule has 2 aromatic rings. The van der Waals surface area contributed by atoms with Crippen molar-refractivity contribution in [3.63, 3.8) is 0 Å². The van der Waals surface area contributed by atoms with Crippen LogP contribution in [0.4, 0.5) is 0 Å². The molecule has 0 unspecified atom stereocenters. The molecule has 36 heavy (non-hydrogen) atoms. The number of likely N-dealkylation sites (tertiary alicyclic amines) is 1. The van der Waals surface area contributed by atoms with Crippen molar-refractivity contribution in [1.82, 2.24) is 20.5 Å². The zero-order chi connectivity index (χ0) is 26.6. The smallest absolute Gasteiger partial charge is 0.312 e. The summed E-state index contributed by atoms with van der Waals surface area (Å²) in [4.78, 5) is 56.0. The Labute approximate surface area is 213 Å². The number of carbonyl (C=O) groups excluding carboxylic acids is 3. The van der Waals surface area contributed by atoms with Gasteiger partial charge >= 0.3 is 5.97 Å². The number of hydrogen-bond acceptors (Lipinski definition) is 7. The summed E-state index contributed by atoms with van der Waals surface area (Å²) in [6.45, 7) is 7.33. The fourth-order valence-corrected chi connectivity index (χ4v) is 4.94. The number of amides is 3. The quantitative estimate of drug-likeness (QED) is 0.390. The summed E-state index contributed by atoms with van der Waals surface area (Å²) in [7, 11) is 0. The van der Waals surface area contributed by atoms with Crippen LogP contribution in [0.15, 0.2) is 29.8 Å². The van der Waals surface area contributed by atoms with Crippen molar-refractivity contribution >= 4 is 35.0 Å². The molecule has 2 heterocycles. The zero-order valence-electron chi connectivity index (χ0n) is 20.8. The number of benzene rings is 1. The van der Waals surface area contributed by atoms with Gasteiger partial charge in [-0.15, -0.1) is 11.3 Å².